The number of nitrogens with two attached hydrogens (primary N) is 4. The van der Waals surface area contributed by atoms with E-state index in [4.69, 9.17) is 22.9 Å². The quantitative estimate of drug-likeness (QED) is 0.349. The van der Waals surface area contributed by atoms with E-state index in [0.717, 1.165) is 38.5 Å². The zero-order chi connectivity index (χ0) is 25.2. The highest BCUT2D eigenvalue weighted by atomic mass is 14.9. The lowest BCUT2D eigenvalue weighted by atomic mass is 9.53. The van der Waals surface area contributed by atoms with Crippen LogP contribution in [0.5, 0.6) is 0 Å². The van der Waals surface area contributed by atoms with Gasteiger partial charge in [0.25, 0.3) is 0 Å². The summed E-state index contributed by atoms with van der Waals surface area (Å²) in [5, 5.41) is 0. The van der Waals surface area contributed by atoms with Crippen molar-refractivity contribution in [2.75, 3.05) is 0 Å². The smallest absolute Gasteiger partial charge is 0.0535 e. The Bertz CT molecular complexity index is 751. The number of hydrogen-bond donors (Lipinski definition) is 4. The van der Waals surface area contributed by atoms with Gasteiger partial charge in [0.1, 0.15) is 0 Å². The summed E-state index contributed by atoms with van der Waals surface area (Å²) in [6.45, 7) is 18.1. The Kier molecular flexibility index (Phi) is 9.01. The Balaban J connectivity index is 2.98. The third kappa shape index (κ3) is 4.57. The fourth-order valence-corrected chi connectivity index (χ4v) is 6.31. The van der Waals surface area contributed by atoms with Gasteiger partial charge in [0.15, 0.2) is 0 Å². The summed E-state index contributed by atoms with van der Waals surface area (Å²) < 4.78 is 0. The van der Waals surface area contributed by atoms with E-state index >= 15 is 0 Å². The molecule has 0 aromatic rings. The molecule has 0 saturated carbocycles. The van der Waals surface area contributed by atoms with Gasteiger partial charge in [0, 0.05) is 17.5 Å². The van der Waals surface area contributed by atoms with Gasteiger partial charge in [-0.15, -0.1) is 0 Å². The molecule has 0 aromatic heterocycles. The second kappa shape index (κ2) is 10.6. The third-order valence-electron chi connectivity index (χ3n) is 9.26. The molecular weight excluding hydrogens is 404 g/mol. The molecule has 0 aromatic carbocycles. The summed E-state index contributed by atoms with van der Waals surface area (Å²) in [5.74, 6) is 0.805. The van der Waals surface area contributed by atoms with Crippen LogP contribution >= 0.6 is 0 Å². The van der Waals surface area contributed by atoms with Crippen LogP contribution in [-0.2, 0) is 0 Å². The molecule has 6 unspecified atom stereocenters. The minimum absolute atomic E-state index is 0.150. The van der Waals surface area contributed by atoms with E-state index < -0.39 is 11.1 Å². The maximum atomic E-state index is 7.00. The lowest BCUT2D eigenvalue weighted by Crippen LogP contribution is -2.58. The van der Waals surface area contributed by atoms with Crippen molar-refractivity contribution in [1.29, 1.82) is 0 Å². The molecule has 2 aliphatic carbocycles. The molecule has 188 valence electrons. The highest BCUT2D eigenvalue weighted by molar-refractivity contribution is 5.53. The summed E-state index contributed by atoms with van der Waals surface area (Å²) in [4.78, 5) is 0. The van der Waals surface area contributed by atoms with Crippen molar-refractivity contribution in [3.05, 3.63) is 46.6 Å². The minimum Gasteiger partial charge on any atom is -0.322 e. The average Bonchev–Trinajstić information content (AvgIpc) is 2.82. The van der Waals surface area contributed by atoms with Crippen molar-refractivity contribution >= 4 is 0 Å². The first-order chi connectivity index (χ1) is 15.4. The number of allylic oxidation sites excluding steroid dienone is 4. The van der Waals surface area contributed by atoms with E-state index in [-0.39, 0.29) is 17.5 Å². The van der Waals surface area contributed by atoms with E-state index in [0.29, 0.717) is 11.8 Å². The molecule has 0 fully saturated rings. The molecule has 4 nitrogen and oxygen atoms in total. The summed E-state index contributed by atoms with van der Waals surface area (Å²) >= 11 is 0. The van der Waals surface area contributed by atoms with Gasteiger partial charge in [-0.1, -0.05) is 104 Å². The average molecular weight is 457 g/mol. The second-order valence-electron chi connectivity index (χ2n) is 10.7. The SMILES string of the molecule is CCC1=CC(C(C2=CC(N)(CC)C(N)C(CC)=C2)(C(C)CC)C(C)CC)=CC(N)(CC)C1N. The van der Waals surface area contributed by atoms with Crippen LogP contribution in [0, 0.1) is 17.3 Å². The fourth-order valence-electron chi connectivity index (χ4n) is 6.31. The Morgan fingerprint density at radius 2 is 1.06 bits per heavy atom. The first-order valence-corrected chi connectivity index (χ1v) is 13.4. The summed E-state index contributed by atoms with van der Waals surface area (Å²) in [7, 11) is 0. The molecule has 2 rings (SSSR count). The lowest BCUT2D eigenvalue weighted by Gasteiger charge is -2.52. The van der Waals surface area contributed by atoms with E-state index in [2.05, 4.69) is 79.7 Å². The van der Waals surface area contributed by atoms with E-state index in [9.17, 15) is 0 Å². The molecule has 0 saturated heterocycles. The van der Waals surface area contributed by atoms with Crippen LogP contribution < -0.4 is 22.9 Å². The van der Waals surface area contributed by atoms with Gasteiger partial charge in [-0.3, -0.25) is 0 Å². The molecule has 0 amide bonds. The predicted molar refractivity (Wildman–Crippen MR) is 145 cm³/mol. The van der Waals surface area contributed by atoms with Crippen molar-refractivity contribution in [2.24, 2.45) is 40.2 Å². The van der Waals surface area contributed by atoms with Gasteiger partial charge < -0.3 is 22.9 Å². The zero-order valence-electron chi connectivity index (χ0n) is 22.7. The van der Waals surface area contributed by atoms with Crippen molar-refractivity contribution < 1.29 is 0 Å². The molecule has 0 heterocycles. The molecule has 33 heavy (non-hydrogen) atoms. The van der Waals surface area contributed by atoms with Crippen molar-refractivity contribution in [3.63, 3.8) is 0 Å². The van der Waals surface area contributed by atoms with Crippen molar-refractivity contribution in [3.8, 4) is 0 Å². The second-order valence-corrected chi connectivity index (χ2v) is 10.7. The van der Waals surface area contributed by atoms with Crippen molar-refractivity contribution in [1.82, 2.24) is 0 Å². The van der Waals surface area contributed by atoms with Crippen LogP contribution in [0.25, 0.3) is 0 Å². The van der Waals surface area contributed by atoms with Crippen LogP contribution in [0.3, 0.4) is 0 Å². The molecule has 2 aliphatic rings. The van der Waals surface area contributed by atoms with Gasteiger partial charge in [-0.2, -0.15) is 0 Å². The lowest BCUT2D eigenvalue weighted by molar-refractivity contribution is 0.176. The van der Waals surface area contributed by atoms with Gasteiger partial charge >= 0.3 is 0 Å². The largest absolute Gasteiger partial charge is 0.322 e. The standard InChI is InChI=1S/C29H52N4/c1-9-19(7)29(20(8)10-2,23-15-21(11-3)25(30)27(32,13-5)17-23)24-16-22(12-4)26(31)28(33,14-6)18-24/h15-20,25-26H,9-14,30-33H2,1-8H3. The molecule has 4 heteroatoms. The van der Waals surface area contributed by atoms with Crippen LogP contribution in [0.4, 0.5) is 0 Å². The molecule has 0 aliphatic heterocycles. The van der Waals surface area contributed by atoms with E-state index in [1.165, 1.54) is 22.3 Å². The van der Waals surface area contributed by atoms with Gasteiger partial charge in [0.2, 0.25) is 0 Å². The summed E-state index contributed by atoms with van der Waals surface area (Å²) in [5.41, 5.74) is 31.2. The third-order valence-corrected chi connectivity index (χ3v) is 9.26. The summed E-state index contributed by atoms with van der Waals surface area (Å²) in [6.07, 6.45) is 14.9. The van der Waals surface area contributed by atoms with E-state index in [1.54, 1.807) is 0 Å². The molecule has 0 spiro atoms. The van der Waals surface area contributed by atoms with Crippen LogP contribution in [0.1, 0.15) is 93.9 Å². The Labute approximate surface area is 204 Å². The molecule has 8 N–H and O–H groups in total. The molecular formula is C29H52N4. The molecule has 0 bridgehead atoms. The Morgan fingerprint density at radius 3 is 1.30 bits per heavy atom. The predicted octanol–water partition coefficient (Wildman–Crippen LogP) is 5.49. The zero-order valence-corrected chi connectivity index (χ0v) is 22.7. The minimum atomic E-state index is -0.547. The first-order valence-electron chi connectivity index (χ1n) is 13.4. The highest BCUT2D eigenvalue weighted by Crippen LogP contribution is 2.56. The molecule has 6 atom stereocenters. The normalized spacial score (nSPS) is 33.9. The van der Waals surface area contributed by atoms with Crippen LogP contribution in [-0.4, -0.2) is 23.2 Å². The molecule has 0 radical (unpaired) electrons. The van der Waals surface area contributed by atoms with Crippen LogP contribution in [0.2, 0.25) is 0 Å². The van der Waals surface area contributed by atoms with Gasteiger partial charge in [-0.25, -0.2) is 0 Å². The highest BCUT2D eigenvalue weighted by Gasteiger charge is 2.50. The first kappa shape index (κ1) is 28.0. The van der Waals surface area contributed by atoms with E-state index in [1.807, 2.05) is 0 Å². The van der Waals surface area contributed by atoms with Crippen molar-refractivity contribution in [2.45, 2.75) is 117 Å². The summed E-state index contributed by atoms with van der Waals surface area (Å²) in [6, 6.07) is -0.301. The fraction of sp³-hybridized carbons (Fsp3) is 0.724. The maximum absolute atomic E-state index is 7.00. The Hall–Kier alpha value is -1.20. The monoisotopic (exact) mass is 456 g/mol. The number of hydrogen-bond acceptors (Lipinski definition) is 4. The van der Waals surface area contributed by atoms with Gasteiger partial charge in [0.05, 0.1) is 11.1 Å². The number of rotatable bonds is 10. The topological polar surface area (TPSA) is 104 Å². The Morgan fingerprint density at radius 1 is 0.727 bits per heavy atom. The van der Waals surface area contributed by atoms with Gasteiger partial charge in [-0.05, 0) is 48.7 Å². The maximum Gasteiger partial charge on any atom is 0.0535 e. The van der Waals surface area contributed by atoms with Crippen LogP contribution in [0.15, 0.2) is 46.6 Å².